The van der Waals surface area contributed by atoms with Crippen LogP contribution < -0.4 is 15.4 Å². The van der Waals surface area contributed by atoms with Gasteiger partial charge in [-0.05, 0) is 44.7 Å². The smallest absolute Gasteiger partial charge is 0.248 e. The fourth-order valence-electron chi connectivity index (χ4n) is 3.35. The van der Waals surface area contributed by atoms with E-state index in [0.717, 1.165) is 13.0 Å². The summed E-state index contributed by atoms with van der Waals surface area (Å²) in [6.45, 7) is 4.48. The third-order valence-corrected chi connectivity index (χ3v) is 5.34. The molecule has 0 fully saturated rings. The summed E-state index contributed by atoms with van der Waals surface area (Å²) < 4.78 is 24.3. The molecule has 0 aliphatic carbocycles. The molecule has 0 atom stereocenters. The van der Waals surface area contributed by atoms with Crippen molar-refractivity contribution in [1.29, 1.82) is 0 Å². The van der Waals surface area contributed by atoms with Crippen LogP contribution in [0.5, 0.6) is 5.75 Å². The highest BCUT2D eigenvalue weighted by Crippen LogP contribution is 2.33. The fraction of sp³-hybridized carbons (Fsp3) is 0.320. The third kappa shape index (κ3) is 7.61. The van der Waals surface area contributed by atoms with Crippen molar-refractivity contribution in [3.63, 3.8) is 0 Å². The van der Waals surface area contributed by atoms with E-state index in [1.807, 2.05) is 14.0 Å². The van der Waals surface area contributed by atoms with Crippen LogP contribution >= 0.6 is 11.6 Å². The van der Waals surface area contributed by atoms with E-state index in [1.54, 1.807) is 31.4 Å². The van der Waals surface area contributed by atoms with Gasteiger partial charge in [-0.15, -0.1) is 0 Å². The molecule has 0 bridgehead atoms. The number of nitrogens with zero attached hydrogens (tertiary/aromatic N) is 3. The van der Waals surface area contributed by atoms with Gasteiger partial charge in [0.15, 0.2) is 0 Å². The SMILES string of the molecule is CCOc1cc2ncnc(Nc3ccc(F)c(Cl)c3)c2cc1NC(=O)/C=C/CN(C)CCCOC. The first-order valence-electron chi connectivity index (χ1n) is 11.2. The number of nitrogens with one attached hydrogen (secondary N) is 2. The highest BCUT2D eigenvalue weighted by molar-refractivity contribution is 6.31. The minimum absolute atomic E-state index is 0.00363. The largest absolute Gasteiger partial charge is 0.492 e. The number of amides is 1. The summed E-state index contributed by atoms with van der Waals surface area (Å²) in [6, 6.07) is 7.79. The van der Waals surface area contributed by atoms with E-state index < -0.39 is 5.82 Å². The molecular weight excluding hydrogens is 473 g/mol. The zero-order chi connectivity index (χ0) is 25.2. The number of fused-ring (bicyclic) bond motifs is 1. The van der Waals surface area contributed by atoms with Crippen molar-refractivity contribution in [2.75, 3.05) is 51.1 Å². The molecule has 3 rings (SSSR count). The van der Waals surface area contributed by atoms with Crippen LogP contribution in [0.25, 0.3) is 10.9 Å². The number of aromatic nitrogens is 2. The fourth-order valence-corrected chi connectivity index (χ4v) is 3.53. The Kier molecular flexibility index (Phi) is 9.77. The molecule has 0 spiro atoms. The summed E-state index contributed by atoms with van der Waals surface area (Å²) >= 11 is 5.90. The van der Waals surface area contributed by atoms with Crippen LogP contribution in [-0.2, 0) is 9.53 Å². The number of hydrogen-bond acceptors (Lipinski definition) is 7. The molecule has 0 unspecified atom stereocenters. The van der Waals surface area contributed by atoms with Crippen LogP contribution in [0.4, 0.5) is 21.6 Å². The van der Waals surface area contributed by atoms with Gasteiger partial charge < -0.3 is 25.0 Å². The van der Waals surface area contributed by atoms with E-state index >= 15 is 0 Å². The molecule has 8 nitrogen and oxygen atoms in total. The lowest BCUT2D eigenvalue weighted by atomic mass is 10.1. The molecular formula is C25H29ClFN5O3. The number of carbonyl (C=O) groups excluding carboxylic acids is 1. The van der Waals surface area contributed by atoms with E-state index in [2.05, 4.69) is 25.5 Å². The molecule has 0 saturated carbocycles. The van der Waals surface area contributed by atoms with E-state index in [9.17, 15) is 9.18 Å². The maximum absolute atomic E-state index is 13.5. The summed E-state index contributed by atoms with van der Waals surface area (Å²) in [7, 11) is 3.66. The van der Waals surface area contributed by atoms with Crippen LogP contribution in [-0.4, -0.2) is 61.2 Å². The zero-order valence-electron chi connectivity index (χ0n) is 20.0. The number of likely N-dealkylation sites (N-methyl/N-ethyl adjacent to an activating group) is 1. The second-order valence-corrected chi connectivity index (χ2v) is 8.18. The molecule has 1 amide bonds. The van der Waals surface area contributed by atoms with Gasteiger partial charge in [0, 0.05) is 50.0 Å². The van der Waals surface area contributed by atoms with Gasteiger partial charge in [-0.3, -0.25) is 4.79 Å². The first kappa shape index (κ1) is 26.3. The molecule has 1 aromatic heterocycles. The average molecular weight is 502 g/mol. The van der Waals surface area contributed by atoms with Gasteiger partial charge in [0.2, 0.25) is 5.91 Å². The summed E-state index contributed by atoms with van der Waals surface area (Å²) in [6.07, 6.45) is 5.63. The number of carbonyl (C=O) groups is 1. The molecule has 35 heavy (non-hydrogen) atoms. The first-order chi connectivity index (χ1) is 16.9. The standard InChI is InChI=1S/C25H29ClFN5O3/c1-4-35-23-15-21-18(25(29-16-28-21)30-17-8-9-20(27)19(26)13-17)14-22(23)31-24(33)7-5-10-32(2)11-6-12-34-3/h5,7-9,13-16H,4,6,10-12H2,1-3H3,(H,31,33)(H,28,29,30)/b7-5+. The van der Waals surface area contributed by atoms with Gasteiger partial charge in [0.05, 0.1) is 22.8 Å². The Morgan fingerprint density at radius 2 is 2.09 bits per heavy atom. The van der Waals surface area contributed by atoms with Crippen LogP contribution in [0.3, 0.4) is 0 Å². The first-order valence-corrected chi connectivity index (χ1v) is 11.6. The summed E-state index contributed by atoms with van der Waals surface area (Å²) in [5.41, 5.74) is 1.66. The highest BCUT2D eigenvalue weighted by atomic mass is 35.5. The van der Waals surface area contributed by atoms with E-state index in [4.69, 9.17) is 21.1 Å². The molecule has 186 valence electrons. The monoisotopic (exact) mass is 501 g/mol. The van der Waals surface area contributed by atoms with Crippen molar-refractivity contribution >= 4 is 45.6 Å². The lowest BCUT2D eigenvalue weighted by Gasteiger charge is -2.15. The Labute approximate surface area is 209 Å². The van der Waals surface area contributed by atoms with E-state index in [-0.39, 0.29) is 10.9 Å². The normalized spacial score (nSPS) is 11.4. The summed E-state index contributed by atoms with van der Waals surface area (Å²) in [5, 5.41) is 6.65. The van der Waals surface area contributed by atoms with E-state index in [0.29, 0.717) is 53.6 Å². The number of rotatable bonds is 12. The van der Waals surface area contributed by atoms with Crippen molar-refractivity contribution in [2.24, 2.45) is 0 Å². The molecule has 0 radical (unpaired) electrons. The highest BCUT2D eigenvalue weighted by Gasteiger charge is 2.13. The average Bonchev–Trinajstić information content (AvgIpc) is 2.82. The Hall–Kier alpha value is -3.27. The Morgan fingerprint density at radius 3 is 2.83 bits per heavy atom. The van der Waals surface area contributed by atoms with Crippen LogP contribution in [0.15, 0.2) is 48.8 Å². The minimum atomic E-state index is -0.509. The van der Waals surface area contributed by atoms with Gasteiger partial charge in [-0.2, -0.15) is 0 Å². The third-order valence-electron chi connectivity index (χ3n) is 5.05. The topological polar surface area (TPSA) is 88.6 Å². The Morgan fingerprint density at radius 1 is 1.26 bits per heavy atom. The number of hydrogen-bond donors (Lipinski definition) is 2. The lowest BCUT2D eigenvalue weighted by molar-refractivity contribution is -0.111. The van der Waals surface area contributed by atoms with Crippen LogP contribution in [0.1, 0.15) is 13.3 Å². The van der Waals surface area contributed by atoms with Gasteiger partial charge in [0.1, 0.15) is 23.7 Å². The summed E-state index contributed by atoms with van der Waals surface area (Å²) in [4.78, 5) is 23.3. The quantitative estimate of drug-likeness (QED) is 0.266. The maximum atomic E-state index is 13.5. The van der Waals surface area contributed by atoms with Crippen LogP contribution in [0, 0.1) is 5.82 Å². The summed E-state index contributed by atoms with van der Waals surface area (Å²) in [5.74, 6) is 0.176. The number of halogens is 2. The Bertz CT molecular complexity index is 1190. The predicted octanol–water partition coefficient (Wildman–Crippen LogP) is 5.03. The predicted molar refractivity (Wildman–Crippen MR) is 137 cm³/mol. The van der Waals surface area contributed by atoms with Crippen molar-refractivity contribution in [2.45, 2.75) is 13.3 Å². The number of benzene rings is 2. The Balaban J connectivity index is 1.80. The molecule has 2 N–H and O–H groups in total. The molecule has 2 aromatic carbocycles. The van der Waals surface area contributed by atoms with Crippen molar-refractivity contribution < 1.29 is 18.7 Å². The van der Waals surface area contributed by atoms with Crippen molar-refractivity contribution in [1.82, 2.24) is 14.9 Å². The number of anilines is 3. The molecule has 1 heterocycles. The second kappa shape index (κ2) is 13.0. The maximum Gasteiger partial charge on any atom is 0.248 e. The molecule has 0 aliphatic rings. The molecule has 10 heteroatoms. The van der Waals surface area contributed by atoms with Crippen molar-refractivity contribution in [3.8, 4) is 5.75 Å². The van der Waals surface area contributed by atoms with Crippen molar-refractivity contribution in [3.05, 3.63) is 59.7 Å². The van der Waals surface area contributed by atoms with Gasteiger partial charge in [-0.25, -0.2) is 14.4 Å². The van der Waals surface area contributed by atoms with Gasteiger partial charge in [-0.1, -0.05) is 17.7 Å². The number of ether oxygens (including phenoxy) is 2. The number of methoxy groups -OCH3 is 1. The van der Waals surface area contributed by atoms with E-state index in [1.165, 1.54) is 24.5 Å². The minimum Gasteiger partial charge on any atom is -0.492 e. The molecule has 0 aliphatic heterocycles. The van der Waals surface area contributed by atoms with Gasteiger partial charge in [0.25, 0.3) is 0 Å². The van der Waals surface area contributed by atoms with Gasteiger partial charge >= 0.3 is 0 Å². The molecule has 0 saturated heterocycles. The van der Waals surface area contributed by atoms with Crippen LogP contribution in [0.2, 0.25) is 5.02 Å². The molecule has 3 aromatic rings. The lowest BCUT2D eigenvalue weighted by Crippen LogP contribution is -2.21. The second-order valence-electron chi connectivity index (χ2n) is 7.77. The zero-order valence-corrected chi connectivity index (χ0v) is 20.7.